The molecule has 1 N–H and O–H groups in total. The van der Waals surface area contributed by atoms with E-state index in [-0.39, 0.29) is 32.0 Å². The van der Waals surface area contributed by atoms with Gasteiger partial charge in [0.2, 0.25) is 6.03 Å². The lowest BCUT2D eigenvalue weighted by Crippen LogP contribution is -2.36. The van der Waals surface area contributed by atoms with Gasteiger partial charge in [0.25, 0.3) is 7.37 Å². The van der Waals surface area contributed by atoms with Gasteiger partial charge in [-0.05, 0) is 33.3 Å². The predicted molar refractivity (Wildman–Crippen MR) is 91.9 cm³/mol. The van der Waals surface area contributed by atoms with Crippen molar-refractivity contribution in [2.75, 3.05) is 19.8 Å². The normalized spacial score (nSPS) is 16.6. The summed E-state index contributed by atoms with van der Waals surface area (Å²) < 4.78 is 30.2. The van der Waals surface area contributed by atoms with Crippen LogP contribution in [0.15, 0.2) is 30.3 Å². The van der Waals surface area contributed by atoms with E-state index >= 15 is 0 Å². The van der Waals surface area contributed by atoms with E-state index in [4.69, 9.17) is 14.0 Å². The highest BCUT2D eigenvalue weighted by molar-refractivity contribution is 7.60. The van der Waals surface area contributed by atoms with Gasteiger partial charge in [-0.3, -0.25) is 9.36 Å². The van der Waals surface area contributed by atoms with Gasteiger partial charge < -0.3 is 19.1 Å². The average molecular weight is 358 g/mol. The van der Waals surface area contributed by atoms with Gasteiger partial charge in [-0.2, -0.15) is 0 Å². The fourth-order valence-corrected chi connectivity index (χ4v) is 5.22. The summed E-state index contributed by atoms with van der Waals surface area (Å²) in [5.74, 6) is -0.312. The largest absolute Gasteiger partial charge is 0.374 e. The molecule has 0 saturated carbocycles. The molecule has 0 bridgehead atoms. The third kappa shape index (κ3) is 4.52. The van der Waals surface area contributed by atoms with Crippen LogP contribution in [0, 0.1) is 0 Å². The van der Waals surface area contributed by atoms with Crippen LogP contribution in [0.3, 0.4) is 0 Å². The average Bonchev–Trinajstić information content (AvgIpc) is 2.54. The Hall–Kier alpha value is -1.04. The third-order valence-electron chi connectivity index (χ3n) is 3.46. The smallest absolute Gasteiger partial charge is 0.292 e. The zero-order valence-corrected chi connectivity index (χ0v) is 15.6. The number of ketones is 1. The Labute approximate surface area is 143 Å². The van der Waals surface area contributed by atoms with Gasteiger partial charge in [-0.25, -0.2) is 0 Å². The first-order valence-electron chi connectivity index (χ1n) is 8.10. The molecule has 1 aromatic carbocycles. The minimum Gasteiger partial charge on any atom is -0.374 e. The Balaban J connectivity index is 3.51. The van der Waals surface area contributed by atoms with Gasteiger partial charge in [-0.15, -0.1) is 0 Å². The van der Waals surface area contributed by atoms with Gasteiger partial charge in [0.15, 0.2) is 5.34 Å². The lowest BCUT2D eigenvalue weighted by atomic mass is 10.0. The Morgan fingerprint density at radius 3 is 2.08 bits per heavy atom. The molecule has 0 fully saturated rings. The summed E-state index contributed by atoms with van der Waals surface area (Å²) in [4.78, 5) is 11.8. The SMILES string of the molecule is CCOC(OCC)P(=O)(OCC)[C@@](O)(CC(C)=O)c1ccccc1. The second kappa shape index (κ2) is 9.44. The molecular weight excluding hydrogens is 331 g/mol. The number of ether oxygens (including phenoxy) is 2. The summed E-state index contributed by atoms with van der Waals surface area (Å²) >= 11 is 0. The van der Waals surface area contributed by atoms with E-state index in [9.17, 15) is 14.5 Å². The topological polar surface area (TPSA) is 82.1 Å². The summed E-state index contributed by atoms with van der Waals surface area (Å²) in [6.07, 6.45) is -0.356. The Morgan fingerprint density at radius 1 is 1.12 bits per heavy atom. The number of aliphatic hydroxyl groups is 1. The van der Waals surface area contributed by atoms with Crippen LogP contribution in [0.1, 0.15) is 39.7 Å². The van der Waals surface area contributed by atoms with Crippen LogP contribution in [-0.4, -0.2) is 36.7 Å². The van der Waals surface area contributed by atoms with Gasteiger partial charge in [0.05, 0.1) is 6.61 Å². The number of hydrogen-bond donors (Lipinski definition) is 1. The van der Waals surface area contributed by atoms with Crippen molar-refractivity contribution < 1.29 is 28.5 Å². The van der Waals surface area contributed by atoms with Crippen LogP contribution in [-0.2, 0) is 28.7 Å². The molecule has 1 aromatic rings. The van der Waals surface area contributed by atoms with Gasteiger partial charge in [0.1, 0.15) is 5.78 Å². The number of hydrogen-bond acceptors (Lipinski definition) is 6. The molecule has 0 aromatic heterocycles. The van der Waals surface area contributed by atoms with Crippen molar-refractivity contribution in [3.8, 4) is 0 Å². The van der Waals surface area contributed by atoms with Crippen LogP contribution in [0.5, 0.6) is 0 Å². The third-order valence-corrected chi connectivity index (χ3v) is 6.41. The maximum absolute atomic E-state index is 13.8. The number of carbonyl (C=O) groups excluding carboxylic acids is 1. The Bertz CT molecular complexity index is 555. The molecule has 0 aliphatic carbocycles. The molecule has 0 heterocycles. The molecule has 0 aliphatic rings. The summed E-state index contributed by atoms with van der Waals surface area (Å²) in [5, 5.41) is 9.34. The zero-order chi connectivity index (χ0) is 18.2. The van der Waals surface area contributed by atoms with Gasteiger partial charge >= 0.3 is 0 Å². The Kier molecular flexibility index (Phi) is 8.27. The van der Waals surface area contributed by atoms with Crippen molar-refractivity contribution in [1.82, 2.24) is 0 Å². The molecule has 1 unspecified atom stereocenters. The standard InChI is InChI=1S/C17H27O6P/c1-5-21-16(22-6-2)24(20,23-7-3)17(19,13-14(4)18)15-11-9-8-10-12-15/h8-12,16,19H,5-7,13H2,1-4H3/t17-,24?/m0/s1. The highest BCUT2D eigenvalue weighted by atomic mass is 31.2. The predicted octanol–water partition coefficient (Wildman–Crippen LogP) is 3.48. The summed E-state index contributed by atoms with van der Waals surface area (Å²) in [7, 11) is -3.97. The quantitative estimate of drug-likeness (QED) is 0.482. The zero-order valence-electron chi connectivity index (χ0n) is 14.7. The maximum Gasteiger partial charge on any atom is 0.292 e. The monoisotopic (exact) mass is 358 g/mol. The van der Waals surface area contributed by atoms with Crippen molar-refractivity contribution >= 4 is 13.2 Å². The van der Waals surface area contributed by atoms with Crippen LogP contribution in [0.2, 0.25) is 0 Å². The second-order valence-electron chi connectivity index (χ2n) is 5.29. The number of benzene rings is 1. The molecule has 2 atom stereocenters. The van der Waals surface area contributed by atoms with Crippen LogP contribution >= 0.6 is 7.37 Å². The number of carbonyl (C=O) groups is 1. The van der Waals surface area contributed by atoms with E-state index in [0.29, 0.717) is 5.56 Å². The molecular formula is C17H27O6P. The van der Waals surface area contributed by atoms with Crippen LogP contribution in [0.4, 0.5) is 0 Å². The van der Waals surface area contributed by atoms with Gasteiger partial charge in [-0.1, -0.05) is 30.3 Å². The first-order chi connectivity index (χ1) is 11.4. The second-order valence-corrected chi connectivity index (χ2v) is 7.91. The maximum atomic E-state index is 13.8. The van der Waals surface area contributed by atoms with Crippen molar-refractivity contribution in [2.45, 2.75) is 45.5 Å². The lowest BCUT2D eigenvalue weighted by molar-refractivity contribution is -0.121. The summed E-state index contributed by atoms with van der Waals surface area (Å²) in [6.45, 7) is 7.01. The fourth-order valence-electron chi connectivity index (χ4n) is 2.51. The molecule has 6 nitrogen and oxygen atoms in total. The molecule has 7 heteroatoms. The number of Topliss-reactive ketones (excluding diaryl/α,β-unsaturated/α-hetero) is 1. The van der Waals surface area contributed by atoms with E-state index in [1.807, 2.05) is 0 Å². The van der Waals surface area contributed by atoms with Crippen molar-refractivity contribution in [3.05, 3.63) is 35.9 Å². The van der Waals surface area contributed by atoms with Crippen LogP contribution in [0.25, 0.3) is 0 Å². The summed E-state index contributed by atoms with van der Waals surface area (Å²) in [6, 6.07) is 7.15. The van der Waals surface area contributed by atoms with Crippen molar-refractivity contribution in [1.29, 1.82) is 0 Å². The minimum absolute atomic E-state index is 0.0843. The summed E-state index contributed by atoms with van der Waals surface area (Å²) in [5.41, 5.74) is 0.335. The minimum atomic E-state index is -3.97. The van der Waals surface area contributed by atoms with Gasteiger partial charge in [0, 0.05) is 19.6 Å². The van der Waals surface area contributed by atoms with E-state index in [2.05, 4.69) is 0 Å². The highest BCUT2D eigenvalue weighted by Gasteiger charge is 2.56. The lowest BCUT2D eigenvalue weighted by Gasteiger charge is -2.39. The Morgan fingerprint density at radius 2 is 1.67 bits per heavy atom. The van der Waals surface area contributed by atoms with E-state index in [0.717, 1.165) is 0 Å². The van der Waals surface area contributed by atoms with Crippen molar-refractivity contribution in [2.24, 2.45) is 0 Å². The van der Waals surface area contributed by atoms with E-state index < -0.39 is 18.7 Å². The number of rotatable bonds is 11. The van der Waals surface area contributed by atoms with Crippen LogP contribution < -0.4 is 0 Å². The molecule has 24 heavy (non-hydrogen) atoms. The molecule has 0 spiro atoms. The first kappa shape index (κ1) is 21.0. The molecule has 136 valence electrons. The molecule has 0 amide bonds. The highest BCUT2D eigenvalue weighted by Crippen LogP contribution is 2.68. The van der Waals surface area contributed by atoms with E-state index in [1.54, 1.807) is 51.1 Å². The molecule has 1 rings (SSSR count). The molecule has 0 saturated heterocycles. The first-order valence-corrected chi connectivity index (χ1v) is 9.80. The molecule has 0 aliphatic heterocycles. The molecule has 0 radical (unpaired) electrons. The fraction of sp³-hybridized carbons (Fsp3) is 0.588. The van der Waals surface area contributed by atoms with E-state index in [1.165, 1.54) is 6.92 Å². The van der Waals surface area contributed by atoms with Crippen molar-refractivity contribution in [3.63, 3.8) is 0 Å².